The van der Waals surface area contributed by atoms with Crippen LogP contribution in [0.25, 0.3) is 0 Å². The Hall–Kier alpha value is -0.289. The van der Waals surface area contributed by atoms with Crippen molar-refractivity contribution in [3.8, 4) is 0 Å². The van der Waals surface area contributed by atoms with Crippen molar-refractivity contribution in [2.45, 2.75) is 207 Å². The van der Waals surface area contributed by atoms with Crippen LogP contribution in [0, 0.1) is 22.7 Å². The van der Waals surface area contributed by atoms with Crippen molar-refractivity contribution in [2.24, 2.45) is 22.7 Å². The van der Waals surface area contributed by atoms with Crippen LogP contribution in [-0.2, 0) is 18.0 Å². The highest BCUT2D eigenvalue weighted by Crippen LogP contribution is 2.64. The number of hydrogen-bond donors (Lipinski definition) is 0. The first kappa shape index (κ1) is 43.4. The van der Waals surface area contributed by atoms with Crippen LogP contribution in [0.2, 0.25) is 54.4 Å². The van der Waals surface area contributed by atoms with Crippen LogP contribution in [0.4, 0.5) is 0 Å². The molecule has 0 N–H and O–H groups in total. The van der Waals surface area contributed by atoms with E-state index in [0.717, 1.165) is 45.3 Å². The third-order valence-electron chi connectivity index (χ3n) is 15.6. The van der Waals surface area contributed by atoms with Crippen LogP contribution in [0.5, 0.6) is 0 Å². The summed E-state index contributed by atoms with van der Waals surface area (Å²) in [4.78, 5) is 0. The molecule has 4 rings (SSSR count). The summed E-state index contributed by atoms with van der Waals surface area (Å²) in [5.41, 5.74) is 4.92. The summed E-state index contributed by atoms with van der Waals surface area (Å²) >= 11 is 0. The largest absolute Gasteiger partial charge is 0.414 e. The number of hydrogen-bond acceptors (Lipinski definition) is 4. The molecule has 4 aliphatic carbocycles. The zero-order chi connectivity index (χ0) is 38.5. The molecule has 294 valence electrons. The molecule has 0 spiro atoms. The Morgan fingerprint density at radius 2 is 1.39 bits per heavy atom. The Labute approximate surface area is 319 Å². The lowest BCUT2D eigenvalue weighted by Crippen LogP contribution is -2.58. The van der Waals surface area contributed by atoms with Gasteiger partial charge < -0.3 is 18.0 Å². The van der Waals surface area contributed by atoms with Crippen molar-refractivity contribution in [3.05, 3.63) is 34.9 Å². The minimum Gasteiger partial charge on any atom is -0.414 e. The van der Waals surface area contributed by atoms with Gasteiger partial charge in [-0.2, -0.15) is 0 Å². The first-order chi connectivity index (χ1) is 23.3. The van der Waals surface area contributed by atoms with Gasteiger partial charge in [0.1, 0.15) is 0 Å². The molecule has 51 heavy (non-hydrogen) atoms. The summed E-state index contributed by atoms with van der Waals surface area (Å²) in [6.45, 7) is 42.3. The maximum Gasteiger partial charge on any atom is 0.192 e. The minimum atomic E-state index is -2.03. The molecule has 0 aromatic rings. The van der Waals surface area contributed by atoms with Gasteiger partial charge in [-0.05, 0) is 136 Å². The Morgan fingerprint density at radius 3 is 1.96 bits per heavy atom. The molecule has 7 heteroatoms. The minimum absolute atomic E-state index is 0.0100. The number of rotatable bonds is 15. The Balaban J connectivity index is 1.49. The van der Waals surface area contributed by atoms with E-state index in [0.29, 0.717) is 11.8 Å². The van der Waals surface area contributed by atoms with E-state index in [9.17, 15) is 0 Å². The Bertz CT molecular complexity index is 1300. The second kappa shape index (κ2) is 15.3. The van der Waals surface area contributed by atoms with Gasteiger partial charge in [0.2, 0.25) is 0 Å². The van der Waals surface area contributed by atoms with Crippen molar-refractivity contribution in [1.29, 1.82) is 0 Å². The van der Waals surface area contributed by atoms with E-state index in [-0.39, 0.29) is 38.7 Å². The molecule has 0 aromatic carbocycles. The predicted molar refractivity (Wildman–Crippen MR) is 227 cm³/mol. The highest BCUT2D eigenvalue weighted by molar-refractivity contribution is 6.74. The smallest absolute Gasteiger partial charge is 0.192 e. The summed E-state index contributed by atoms with van der Waals surface area (Å²) in [6.07, 6.45) is 15.8. The standard InChI is InChI=1S/C44H82O4Si3/c1-18-51(19-2,20-3)48-42(10,11)27-21-29-45-32-34-23-25-37-36-24-22-33-30-35(46-49(14,15)40(4,5)6)31-39(47-50(16,17)41(7,8)9)44(33,13)38(36)26-28-43(34,37)12/h22-24,35,37-39H,18-21,25-32H2,1-17H3/t35-,37+,38+,39+,43-,44+/m1/s1. The van der Waals surface area contributed by atoms with Crippen molar-refractivity contribution in [1.82, 2.24) is 0 Å². The quantitative estimate of drug-likeness (QED) is 0.0947. The van der Waals surface area contributed by atoms with Gasteiger partial charge in [0.25, 0.3) is 0 Å². The van der Waals surface area contributed by atoms with Gasteiger partial charge in [0.15, 0.2) is 25.0 Å². The van der Waals surface area contributed by atoms with Gasteiger partial charge >= 0.3 is 0 Å². The molecule has 2 saturated carbocycles. The molecule has 0 unspecified atom stereocenters. The third-order valence-corrected chi connectivity index (χ3v) is 29.5. The van der Waals surface area contributed by atoms with Crippen molar-refractivity contribution in [3.63, 3.8) is 0 Å². The lowest BCUT2D eigenvalue weighted by molar-refractivity contribution is -0.0392. The van der Waals surface area contributed by atoms with Gasteiger partial charge in [-0.1, -0.05) is 106 Å². The number of fused-ring (bicyclic) bond motifs is 5. The highest BCUT2D eigenvalue weighted by atomic mass is 28.4. The lowest BCUT2D eigenvalue weighted by Gasteiger charge is -2.59. The predicted octanol–water partition coefficient (Wildman–Crippen LogP) is 13.4. The molecular weight excluding hydrogens is 677 g/mol. The van der Waals surface area contributed by atoms with Crippen LogP contribution in [0.3, 0.4) is 0 Å². The lowest BCUT2D eigenvalue weighted by atomic mass is 9.50. The summed E-state index contributed by atoms with van der Waals surface area (Å²) < 4.78 is 28.1. The molecule has 6 atom stereocenters. The topological polar surface area (TPSA) is 36.9 Å². The normalized spacial score (nSPS) is 30.6. The van der Waals surface area contributed by atoms with Crippen LogP contribution in [0.15, 0.2) is 34.9 Å². The number of allylic oxidation sites excluding steroid dienone is 4. The molecule has 0 heterocycles. The molecule has 2 fully saturated rings. The summed E-state index contributed by atoms with van der Waals surface area (Å²) in [6, 6.07) is 3.62. The second-order valence-corrected chi connectivity index (χ2v) is 35.4. The van der Waals surface area contributed by atoms with Crippen molar-refractivity contribution >= 4 is 25.0 Å². The average Bonchev–Trinajstić information content (AvgIpc) is 3.35. The average molecular weight is 759 g/mol. The van der Waals surface area contributed by atoms with E-state index < -0.39 is 25.0 Å². The fraction of sp³-hybridized carbons (Fsp3) is 0.864. The van der Waals surface area contributed by atoms with E-state index >= 15 is 0 Å². The van der Waals surface area contributed by atoms with Gasteiger partial charge in [-0.3, -0.25) is 0 Å². The number of ether oxygens (including phenoxy) is 1. The first-order valence-electron chi connectivity index (χ1n) is 21.1. The second-order valence-electron chi connectivity index (χ2n) is 21.2. The fourth-order valence-electron chi connectivity index (χ4n) is 9.68. The van der Waals surface area contributed by atoms with Crippen molar-refractivity contribution in [2.75, 3.05) is 13.2 Å². The first-order valence-corrected chi connectivity index (χ1v) is 29.4. The molecule has 0 aromatic heterocycles. The molecule has 4 aliphatic rings. The zero-order valence-electron chi connectivity index (χ0n) is 36.7. The van der Waals surface area contributed by atoms with E-state index in [2.05, 4.69) is 134 Å². The summed E-state index contributed by atoms with van der Waals surface area (Å²) in [5, 5.41) is 0.360. The van der Waals surface area contributed by atoms with Gasteiger partial charge in [0, 0.05) is 12.0 Å². The van der Waals surface area contributed by atoms with Crippen LogP contribution < -0.4 is 0 Å². The highest BCUT2D eigenvalue weighted by Gasteiger charge is 2.59. The summed E-state index contributed by atoms with van der Waals surface area (Å²) in [5.74, 6) is 1.09. The Kier molecular flexibility index (Phi) is 13.1. The maximum atomic E-state index is 7.56. The maximum absolute atomic E-state index is 7.56. The molecular formula is C44H82O4Si3. The van der Waals surface area contributed by atoms with Crippen LogP contribution >= 0.6 is 0 Å². The third kappa shape index (κ3) is 8.75. The molecule has 0 radical (unpaired) electrons. The van der Waals surface area contributed by atoms with Crippen LogP contribution in [-0.4, -0.2) is 56.0 Å². The van der Waals surface area contributed by atoms with E-state index in [1.807, 2.05) is 0 Å². The SMILES string of the molecule is CC[Si](CC)(CC)OC(C)(C)CCCOCC1=CC[C@H]2C3=CC=C4C[C@@H](O[Si](C)(C)C(C)(C)C)C[C@H](O[Si](C)(C)C(C)(C)C)[C@]4(C)[C@H]3CC[C@]12C. The molecule has 4 nitrogen and oxygen atoms in total. The molecule has 0 bridgehead atoms. The van der Waals surface area contributed by atoms with E-state index in [1.54, 1.807) is 11.1 Å². The Morgan fingerprint density at radius 1 is 0.804 bits per heavy atom. The van der Waals surface area contributed by atoms with E-state index in [1.165, 1.54) is 36.5 Å². The van der Waals surface area contributed by atoms with Gasteiger partial charge in [0.05, 0.1) is 24.4 Å². The van der Waals surface area contributed by atoms with E-state index in [4.69, 9.17) is 18.0 Å². The monoisotopic (exact) mass is 759 g/mol. The van der Waals surface area contributed by atoms with Crippen LogP contribution in [0.1, 0.15) is 135 Å². The van der Waals surface area contributed by atoms with Crippen molar-refractivity contribution < 1.29 is 18.0 Å². The molecule has 0 amide bonds. The summed E-state index contributed by atoms with van der Waals surface area (Å²) in [7, 11) is -5.56. The molecule has 0 saturated heterocycles. The van der Waals surface area contributed by atoms with Gasteiger partial charge in [-0.15, -0.1) is 0 Å². The fourth-order valence-corrected chi connectivity index (χ4v) is 15.7. The molecule has 0 aliphatic heterocycles. The zero-order valence-corrected chi connectivity index (χ0v) is 39.7. The van der Waals surface area contributed by atoms with Gasteiger partial charge in [-0.25, -0.2) is 0 Å².